The summed E-state index contributed by atoms with van der Waals surface area (Å²) in [7, 11) is 0. The first kappa shape index (κ1) is 11.5. The number of halogens is 1. The average Bonchev–Trinajstić information content (AvgIpc) is 2.18. The number of nitrogens with two attached hydrogens (primary N) is 1. The summed E-state index contributed by atoms with van der Waals surface area (Å²) < 4.78 is 1.05. The van der Waals surface area contributed by atoms with E-state index in [4.69, 9.17) is 16.4 Å². The van der Waals surface area contributed by atoms with Gasteiger partial charge in [0.1, 0.15) is 6.07 Å². The van der Waals surface area contributed by atoms with Crippen molar-refractivity contribution >= 4 is 39.8 Å². The van der Waals surface area contributed by atoms with Gasteiger partial charge < -0.3 is 5.73 Å². The fourth-order valence-corrected chi connectivity index (χ4v) is 1.37. The highest BCUT2D eigenvalue weighted by molar-refractivity contribution is 14.1. The molecule has 1 aromatic carbocycles. The van der Waals surface area contributed by atoms with Crippen LogP contribution in [0, 0.1) is 20.3 Å². The van der Waals surface area contributed by atoms with Crippen molar-refractivity contribution < 1.29 is 0 Å². The molecular weight excluding hydrogens is 305 g/mol. The van der Waals surface area contributed by atoms with E-state index in [0.29, 0.717) is 0 Å². The van der Waals surface area contributed by atoms with Crippen molar-refractivity contribution in [1.82, 2.24) is 0 Å². The lowest BCUT2D eigenvalue weighted by Crippen LogP contribution is -2.21. The van der Waals surface area contributed by atoms with Gasteiger partial charge in [0.2, 0.25) is 5.71 Å². The molecule has 0 saturated carbocycles. The van der Waals surface area contributed by atoms with Crippen LogP contribution in [0.15, 0.2) is 29.4 Å². The topological polar surface area (TPSA) is 98.0 Å². The molecule has 0 aliphatic heterocycles. The minimum absolute atomic E-state index is 0.131. The maximum absolute atomic E-state index is 8.59. The maximum Gasteiger partial charge on any atom is 0.201 e. The number of rotatable bonds is 3. The van der Waals surface area contributed by atoms with E-state index in [1.54, 1.807) is 12.1 Å². The molecule has 6 heteroatoms. The van der Waals surface area contributed by atoms with Crippen molar-refractivity contribution in [3.05, 3.63) is 27.8 Å². The summed E-state index contributed by atoms with van der Waals surface area (Å²) in [5, 5.41) is 19.3. The molecule has 1 aromatic rings. The highest BCUT2D eigenvalue weighted by Gasteiger charge is 2.00. The van der Waals surface area contributed by atoms with Gasteiger partial charge in [-0.1, -0.05) is 6.07 Å². The molecule has 0 saturated heterocycles. The predicted octanol–water partition coefficient (Wildman–Crippen LogP) is 1.52. The molecule has 0 aliphatic carbocycles. The van der Waals surface area contributed by atoms with Crippen LogP contribution in [0.5, 0.6) is 0 Å². The zero-order valence-corrected chi connectivity index (χ0v) is 9.82. The summed E-state index contributed by atoms with van der Waals surface area (Å²) in [4.78, 5) is 0. The predicted molar refractivity (Wildman–Crippen MR) is 67.7 cm³/mol. The number of nitrogens with one attached hydrogen (secondary N) is 2. The monoisotopic (exact) mass is 313 g/mol. The molecule has 0 aliphatic rings. The Morgan fingerprint density at radius 3 is 2.87 bits per heavy atom. The highest BCUT2D eigenvalue weighted by Crippen LogP contribution is 2.11. The third-order valence-corrected chi connectivity index (χ3v) is 2.15. The first-order valence-corrected chi connectivity index (χ1v) is 5.05. The lowest BCUT2D eigenvalue weighted by atomic mass is 10.3. The Kier molecular flexibility index (Phi) is 4.05. The number of hydrogen-bond donors (Lipinski definition) is 3. The largest absolute Gasteiger partial charge is 0.382 e. The summed E-state index contributed by atoms with van der Waals surface area (Å²) in [6.45, 7) is 0. The van der Waals surface area contributed by atoms with Crippen LogP contribution in [0.3, 0.4) is 0 Å². The fourth-order valence-electron chi connectivity index (χ4n) is 0.824. The quantitative estimate of drug-likeness (QED) is 0.341. The molecule has 0 atom stereocenters. The van der Waals surface area contributed by atoms with Crippen molar-refractivity contribution in [2.45, 2.75) is 0 Å². The van der Waals surface area contributed by atoms with Gasteiger partial charge in [0, 0.05) is 3.57 Å². The number of benzene rings is 1. The number of nitrogens with zero attached hydrogens (tertiary/aromatic N) is 2. The van der Waals surface area contributed by atoms with Crippen molar-refractivity contribution in [1.29, 1.82) is 10.7 Å². The number of amidine groups is 1. The van der Waals surface area contributed by atoms with Gasteiger partial charge in [0.05, 0.1) is 5.69 Å². The second kappa shape index (κ2) is 5.31. The Balaban J connectivity index is 2.80. The van der Waals surface area contributed by atoms with Crippen molar-refractivity contribution in [3.63, 3.8) is 0 Å². The lowest BCUT2D eigenvalue weighted by Gasteiger charge is -2.00. The first-order valence-electron chi connectivity index (χ1n) is 3.97. The van der Waals surface area contributed by atoms with E-state index >= 15 is 0 Å². The summed E-state index contributed by atoms with van der Waals surface area (Å²) in [6.07, 6.45) is 0. The zero-order valence-electron chi connectivity index (χ0n) is 7.66. The van der Waals surface area contributed by atoms with Crippen LogP contribution in [0.25, 0.3) is 0 Å². The van der Waals surface area contributed by atoms with Crippen LogP contribution in [0.1, 0.15) is 0 Å². The molecule has 4 N–H and O–H groups in total. The molecule has 0 bridgehead atoms. The molecule has 0 radical (unpaired) electrons. The molecule has 0 amide bonds. The summed E-state index contributed by atoms with van der Waals surface area (Å²) in [5.74, 6) is -0.351. The fraction of sp³-hybridized carbons (Fsp3) is 0. The Morgan fingerprint density at radius 2 is 2.33 bits per heavy atom. The second-order valence-electron chi connectivity index (χ2n) is 2.61. The Labute approximate surface area is 101 Å². The second-order valence-corrected chi connectivity index (χ2v) is 3.85. The Hall–Kier alpha value is -1.62. The molecule has 0 spiro atoms. The SMILES string of the molecule is N#C/C(=N\Nc1cccc(I)c1)C(=N)N. The smallest absolute Gasteiger partial charge is 0.201 e. The molecule has 0 fully saturated rings. The molecule has 15 heavy (non-hydrogen) atoms. The van der Waals surface area contributed by atoms with Crippen LogP contribution >= 0.6 is 22.6 Å². The summed E-state index contributed by atoms with van der Waals surface area (Å²) in [5.41, 5.74) is 8.40. The normalized spacial score (nSPS) is 10.5. The molecule has 1 rings (SSSR count). The highest BCUT2D eigenvalue weighted by atomic mass is 127. The van der Waals surface area contributed by atoms with Gasteiger partial charge >= 0.3 is 0 Å². The van der Waals surface area contributed by atoms with Gasteiger partial charge in [-0.15, -0.1) is 0 Å². The molecule has 0 aromatic heterocycles. The van der Waals surface area contributed by atoms with E-state index in [1.165, 1.54) is 0 Å². The van der Waals surface area contributed by atoms with E-state index in [-0.39, 0.29) is 11.5 Å². The van der Waals surface area contributed by atoms with Crippen LogP contribution in [0.2, 0.25) is 0 Å². The van der Waals surface area contributed by atoms with Gasteiger partial charge in [-0.05, 0) is 40.8 Å². The summed E-state index contributed by atoms with van der Waals surface area (Å²) in [6, 6.07) is 9.19. The van der Waals surface area contributed by atoms with Gasteiger partial charge in [-0.25, -0.2) is 0 Å². The lowest BCUT2D eigenvalue weighted by molar-refractivity contribution is 1.33. The first-order chi connectivity index (χ1) is 7.13. The van der Waals surface area contributed by atoms with Crippen LogP contribution in [-0.2, 0) is 0 Å². The zero-order chi connectivity index (χ0) is 11.3. The van der Waals surface area contributed by atoms with Crippen molar-refractivity contribution in [2.75, 3.05) is 5.43 Å². The van der Waals surface area contributed by atoms with E-state index < -0.39 is 0 Å². The van der Waals surface area contributed by atoms with Gasteiger partial charge in [-0.3, -0.25) is 10.8 Å². The molecule has 0 heterocycles. The number of nitriles is 1. The van der Waals surface area contributed by atoms with E-state index in [2.05, 4.69) is 33.1 Å². The van der Waals surface area contributed by atoms with Crippen molar-refractivity contribution in [2.24, 2.45) is 10.8 Å². The number of hydrogen-bond acceptors (Lipinski definition) is 4. The minimum Gasteiger partial charge on any atom is -0.382 e. The third-order valence-electron chi connectivity index (χ3n) is 1.48. The van der Waals surface area contributed by atoms with E-state index in [1.807, 2.05) is 18.2 Å². The molecule has 0 unspecified atom stereocenters. The Bertz CT molecular complexity index is 446. The van der Waals surface area contributed by atoms with Crippen LogP contribution < -0.4 is 11.2 Å². The van der Waals surface area contributed by atoms with E-state index in [0.717, 1.165) is 9.26 Å². The number of hydrazone groups is 1. The molecule has 76 valence electrons. The molecule has 5 nitrogen and oxygen atoms in total. The van der Waals surface area contributed by atoms with Crippen molar-refractivity contribution in [3.8, 4) is 6.07 Å². The standard InChI is InChI=1S/C9H8IN5/c10-6-2-1-3-7(4-6)14-15-8(5-11)9(12)13/h1-4,14H,(H3,12,13)/b15-8+. The van der Waals surface area contributed by atoms with Crippen LogP contribution in [0.4, 0.5) is 5.69 Å². The third kappa shape index (κ3) is 3.55. The Morgan fingerprint density at radius 1 is 1.60 bits per heavy atom. The van der Waals surface area contributed by atoms with E-state index in [9.17, 15) is 0 Å². The van der Waals surface area contributed by atoms with Gasteiger partial charge in [0.25, 0.3) is 0 Å². The van der Waals surface area contributed by atoms with Gasteiger partial charge in [0.15, 0.2) is 5.84 Å². The van der Waals surface area contributed by atoms with Crippen LogP contribution in [-0.4, -0.2) is 11.5 Å². The molecular formula is C9H8IN5. The minimum atomic E-state index is -0.351. The number of anilines is 1. The maximum atomic E-state index is 8.59. The summed E-state index contributed by atoms with van der Waals surface area (Å²) >= 11 is 2.16. The average molecular weight is 313 g/mol. The van der Waals surface area contributed by atoms with Gasteiger partial charge in [-0.2, -0.15) is 10.4 Å².